The third kappa shape index (κ3) is 5.02. The van der Waals surface area contributed by atoms with Crippen LogP contribution < -0.4 is 21.9 Å². The number of nitrogens with zero attached hydrogens (tertiary/aromatic N) is 2. The van der Waals surface area contributed by atoms with Crippen LogP contribution in [-0.2, 0) is 18.6 Å². The van der Waals surface area contributed by atoms with Crippen LogP contribution in [0.15, 0.2) is 72.8 Å². The summed E-state index contributed by atoms with van der Waals surface area (Å²) in [5.41, 5.74) is 4.58. The summed E-state index contributed by atoms with van der Waals surface area (Å²) in [7, 11) is 1.70. The topological polar surface area (TPSA) is 36.3 Å². The summed E-state index contributed by atoms with van der Waals surface area (Å²) in [6.45, 7) is 7.71. The highest BCUT2D eigenvalue weighted by Gasteiger charge is 2.15. The fraction of sp³-hybridized carbons (Fsp3) is 0.269. The minimum absolute atomic E-state index is 0. The zero-order chi connectivity index (χ0) is 21.1. The molecule has 0 unspecified atom stereocenters. The predicted octanol–water partition coefficient (Wildman–Crippen LogP) is 2.97. The second-order valence-corrected chi connectivity index (χ2v) is 8.48. The van der Waals surface area contributed by atoms with Crippen LogP contribution in [-0.4, -0.2) is 16.7 Å². The highest BCUT2D eigenvalue weighted by molar-refractivity contribution is 5.76. The van der Waals surface area contributed by atoms with Crippen molar-refractivity contribution in [2.75, 3.05) is 7.11 Å². The maximum absolute atomic E-state index is 6.11. The van der Waals surface area contributed by atoms with E-state index in [0.29, 0.717) is 13.2 Å². The second-order valence-electron chi connectivity index (χ2n) is 8.48. The molecule has 5 heteroatoms. The molecule has 4 rings (SSSR count). The number of fused-ring (bicyclic) bond motifs is 1. The first-order valence-electron chi connectivity index (χ1n) is 10.2. The normalized spacial score (nSPS) is 11.2. The Morgan fingerprint density at radius 3 is 2.26 bits per heavy atom. The highest BCUT2D eigenvalue weighted by atomic mass is 35.5. The van der Waals surface area contributed by atoms with Crippen molar-refractivity contribution in [3.63, 3.8) is 0 Å². The lowest BCUT2D eigenvalue weighted by molar-refractivity contribution is -0.00000719. The van der Waals surface area contributed by atoms with Crippen molar-refractivity contribution in [1.82, 2.24) is 9.55 Å². The van der Waals surface area contributed by atoms with E-state index < -0.39 is 0 Å². The lowest BCUT2D eigenvalue weighted by Crippen LogP contribution is -3.00. The predicted molar refractivity (Wildman–Crippen MR) is 121 cm³/mol. The van der Waals surface area contributed by atoms with Crippen molar-refractivity contribution in [3.05, 3.63) is 89.7 Å². The van der Waals surface area contributed by atoms with E-state index in [2.05, 4.69) is 49.6 Å². The molecule has 0 amide bonds. The van der Waals surface area contributed by atoms with Crippen LogP contribution in [0.25, 0.3) is 11.0 Å². The summed E-state index contributed by atoms with van der Waals surface area (Å²) in [5.74, 6) is 2.61. The Bertz CT molecular complexity index is 1140. The monoisotopic (exact) mass is 435 g/mol. The molecule has 4 nitrogen and oxygen atoms in total. The molecule has 4 aromatic rings. The summed E-state index contributed by atoms with van der Waals surface area (Å²) < 4.78 is 13.9. The fourth-order valence-electron chi connectivity index (χ4n) is 3.61. The average molecular weight is 436 g/mol. The molecule has 1 heterocycles. The van der Waals surface area contributed by atoms with E-state index in [1.807, 2.05) is 48.5 Å². The molecule has 0 aliphatic carbocycles. The molecule has 162 valence electrons. The van der Waals surface area contributed by atoms with E-state index >= 15 is 0 Å². The molecule has 0 saturated carbocycles. The number of aromatic nitrogens is 2. The molecule has 3 aromatic carbocycles. The van der Waals surface area contributed by atoms with Gasteiger partial charge in [0.15, 0.2) is 0 Å². The zero-order valence-electron chi connectivity index (χ0n) is 18.4. The quantitative estimate of drug-likeness (QED) is 0.467. The Labute approximate surface area is 190 Å². The van der Waals surface area contributed by atoms with E-state index in [9.17, 15) is 0 Å². The van der Waals surface area contributed by atoms with Gasteiger partial charge < -0.3 is 26.4 Å². The third-order valence-electron chi connectivity index (χ3n) is 5.34. The van der Waals surface area contributed by atoms with Crippen molar-refractivity contribution in [1.29, 1.82) is 0 Å². The lowest BCUT2D eigenvalue weighted by atomic mass is 9.87. The first-order valence-corrected chi connectivity index (χ1v) is 10.2. The lowest BCUT2D eigenvalue weighted by Gasteiger charge is -2.19. The first kappa shape index (κ1) is 22.7. The number of hydrogen-bond donors (Lipinski definition) is 0. The minimum Gasteiger partial charge on any atom is -1.00 e. The standard InChI is InChI=1S/C26H28N2O2.ClH/c1-26(2,3)20-13-15-21(16-14-20)30-18-25-27-22-10-6-7-11-23(22)28(25)17-19-9-5-8-12-24(19)29-4;/h5-16H,17-18H2,1-4H3;1H/p-1. The second kappa shape index (κ2) is 9.44. The van der Waals surface area contributed by atoms with Gasteiger partial charge in [0.05, 0.1) is 24.7 Å². The molecular weight excluding hydrogens is 408 g/mol. The van der Waals surface area contributed by atoms with Gasteiger partial charge in [-0.3, -0.25) is 0 Å². The Morgan fingerprint density at radius 1 is 0.871 bits per heavy atom. The maximum atomic E-state index is 6.11. The molecule has 1 aromatic heterocycles. The number of imidazole rings is 1. The van der Waals surface area contributed by atoms with Gasteiger partial charge in [-0.15, -0.1) is 0 Å². The highest BCUT2D eigenvalue weighted by Crippen LogP contribution is 2.26. The molecule has 0 fully saturated rings. The molecule has 0 aliphatic heterocycles. The first-order chi connectivity index (χ1) is 14.5. The fourth-order valence-corrected chi connectivity index (χ4v) is 3.61. The summed E-state index contributed by atoms with van der Waals surface area (Å²) >= 11 is 0. The van der Waals surface area contributed by atoms with Crippen molar-refractivity contribution in [2.24, 2.45) is 0 Å². The number of methoxy groups -OCH3 is 1. The van der Waals surface area contributed by atoms with Crippen molar-refractivity contribution in [2.45, 2.75) is 39.3 Å². The van der Waals surface area contributed by atoms with Crippen LogP contribution in [0.2, 0.25) is 0 Å². The Balaban J connectivity index is 0.00000272. The van der Waals surface area contributed by atoms with E-state index in [1.54, 1.807) is 7.11 Å². The van der Waals surface area contributed by atoms with Crippen LogP contribution in [0.5, 0.6) is 11.5 Å². The molecule has 0 aliphatic rings. The number of rotatable bonds is 6. The third-order valence-corrected chi connectivity index (χ3v) is 5.34. The smallest absolute Gasteiger partial charge is 0.148 e. The molecule has 0 spiro atoms. The minimum atomic E-state index is 0. The number of benzene rings is 3. The van der Waals surface area contributed by atoms with Gasteiger partial charge in [0.1, 0.15) is 23.9 Å². The number of halogens is 1. The molecule has 0 saturated heterocycles. The Morgan fingerprint density at radius 2 is 1.55 bits per heavy atom. The summed E-state index contributed by atoms with van der Waals surface area (Å²) in [6, 6.07) is 24.6. The average Bonchev–Trinajstić information content (AvgIpc) is 3.10. The summed E-state index contributed by atoms with van der Waals surface area (Å²) in [4.78, 5) is 4.83. The number of hydrogen-bond acceptors (Lipinski definition) is 3. The van der Waals surface area contributed by atoms with Gasteiger partial charge in [-0.1, -0.05) is 63.2 Å². The zero-order valence-corrected chi connectivity index (χ0v) is 19.2. The van der Waals surface area contributed by atoms with Gasteiger partial charge in [-0.25, -0.2) is 4.98 Å². The Hall–Kier alpha value is -2.98. The molecule has 31 heavy (non-hydrogen) atoms. The summed E-state index contributed by atoms with van der Waals surface area (Å²) in [5, 5.41) is 0. The van der Waals surface area contributed by atoms with Gasteiger partial charge in [0, 0.05) is 5.56 Å². The van der Waals surface area contributed by atoms with Gasteiger partial charge in [0.25, 0.3) is 0 Å². The Kier molecular flexibility index (Phi) is 6.91. The molecule has 0 bridgehead atoms. The molecule has 0 radical (unpaired) electrons. The number of para-hydroxylation sites is 3. The van der Waals surface area contributed by atoms with Gasteiger partial charge in [0.2, 0.25) is 0 Å². The largest absolute Gasteiger partial charge is 1.00 e. The van der Waals surface area contributed by atoms with E-state index in [4.69, 9.17) is 14.5 Å². The van der Waals surface area contributed by atoms with Crippen LogP contribution in [0, 0.1) is 0 Å². The molecule has 0 atom stereocenters. The van der Waals surface area contributed by atoms with Crippen LogP contribution in [0.1, 0.15) is 37.7 Å². The van der Waals surface area contributed by atoms with Crippen molar-refractivity contribution in [3.8, 4) is 11.5 Å². The van der Waals surface area contributed by atoms with E-state index in [1.165, 1.54) is 5.56 Å². The SMILES string of the molecule is COc1ccccc1Cn1c(COc2ccc(C(C)(C)C)cc2)nc2ccccc21.[Cl-]. The van der Waals surface area contributed by atoms with Gasteiger partial charge >= 0.3 is 0 Å². The van der Waals surface area contributed by atoms with E-state index in [-0.39, 0.29) is 17.8 Å². The van der Waals surface area contributed by atoms with Crippen LogP contribution in [0.3, 0.4) is 0 Å². The molecular formula is C26H28ClN2O2-. The van der Waals surface area contributed by atoms with Crippen molar-refractivity contribution >= 4 is 11.0 Å². The van der Waals surface area contributed by atoms with Crippen LogP contribution >= 0.6 is 0 Å². The van der Waals surface area contributed by atoms with Gasteiger partial charge in [-0.2, -0.15) is 0 Å². The number of ether oxygens (including phenoxy) is 2. The van der Waals surface area contributed by atoms with Gasteiger partial charge in [-0.05, 0) is 41.3 Å². The van der Waals surface area contributed by atoms with E-state index in [0.717, 1.165) is 33.9 Å². The summed E-state index contributed by atoms with van der Waals surface area (Å²) in [6.07, 6.45) is 0. The maximum Gasteiger partial charge on any atom is 0.148 e. The molecule has 0 N–H and O–H groups in total. The van der Waals surface area contributed by atoms with Crippen molar-refractivity contribution < 1.29 is 21.9 Å². The van der Waals surface area contributed by atoms with Crippen LogP contribution in [0.4, 0.5) is 0 Å².